The first-order valence-electron chi connectivity index (χ1n) is 11.7. The molecule has 1 N–H and O–H groups in total. The molecule has 1 aromatic carbocycles. The van der Waals surface area contributed by atoms with Crippen molar-refractivity contribution in [3.05, 3.63) is 54.4 Å². The van der Waals surface area contributed by atoms with Crippen LogP contribution in [0.25, 0.3) is 0 Å². The summed E-state index contributed by atoms with van der Waals surface area (Å²) in [6, 6.07) is 12.2. The van der Waals surface area contributed by atoms with Gasteiger partial charge in [-0.15, -0.1) is 0 Å². The maximum absolute atomic E-state index is 13.1. The third-order valence-electron chi connectivity index (χ3n) is 7.12. The Labute approximate surface area is 191 Å². The van der Waals surface area contributed by atoms with Crippen molar-refractivity contribution in [2.45, 2.75) is 46.0 Å². The van der Waals surface area contributed by atoms with E-state index in [4.69, 9.17) is 0 Å². The van der Waals surface area contributed by atoms with Gasteiger partial charge in [-0.1, -0.05) is 32.9 Å². The molecule has 1 aromatic heterocycles. The van der Waals surface area contributed by atoms with Crippen molar-refractivity contribution in [1.82, 2.24) is 15.2 Å². The van der Waals surface area contributed by atoms with Crippen LogP contribution in [0.5, 0.6) is 0 Å². The first-order chi connectivity index (χ1) is 15.4. The average molecular weight is 435 g/mol. The molecule has 0 unspecified atom stereocenters. The number of benzene rings is 1. The molecule has 0 spiro atoms. The summed E-state index contributed by atoms with van der Waals surface area (Å²) in [5.41, 5.74) is 2.66. The third kappa shape index (κ3) is 4.56. The van der Waals surface area contributed by atoms with E-state index in [0.29, 0.717) is 5.92 Å². The third-order valence-corrected chi connectivity index (χ3v) is 7.12. The molecule has 2 aliphatic heterocycles. The minimum Gasteiger partial charge on any atom is -0.342 e. The molecular weight excluding hydrogens is 400 g/mol. The van der Waals surface area contributed by atoms with Crippen LogP contribution >= 0.6 is 0 Å². The smallest absolute Gasteiger partial charge is 0.237 e. The molecule has 2 saturated heterocycles. The van der Waals surface area contributed by atoms with Crippen molar-refractivity contribution in [3.63, 3.8) is 0 Å². The predicted octanol–water partition coefficient (Wildman–Crippen LogP) is 4.11. The Kier molecular flexibility index (Phi) is 6.60. The van der Waals surface area contributed by atoms with E-state index in [0.717, 1.165) is 56.8 Å². The SMILES string of the molecule is CCC(C)(C)C(=O)N1CCC(c2ccc(N(C(=O)C3CNC3)c3cccnc3)cc2)CC1. The molecule has 0 radical (unpaired) electrons. The number of pyridine rings is 1. The summed E-state index contributed by atoms with van der Waals surface area (Å²) >= 11 is 0. The second-order valence-corrected chi connectivity index (χ2v) is 9.64. The minimum atomic E-state index is -0.285. The molecule has 0 atom stereocenters. The summed E-state index contributed by atoms with van der Waals surface area (Å²) < 4.78 is 0. The second kappa shape index (κ2) is 9.41. The minimum absolute atomic E-state index is 0.00381. The normalized spacial score (nSPS) is 17.7. The van der Waals surface area contributed by atoms with E-state index >= 15 is 0 Å². The summed E-state index contributed by atoms with van der Waals surface area (Å²) in [6.07, 6.45) is 6.27. The van der Waals surface area contributed by atoms with Crippen LogP contribution in [-0.2, 0) is 9.59 Å². The van der Waals surface area contributed by atoms with E-state index in [1.54, 1.807) is 17.3 Å². The zero-order valence-electron chi connectivity index (χ0n) is 19.4. The van der Waals surface area contributed by atoms with Crippen LogP contribution in [0.4, 0.5) is 11.4 Å². The number of hydrogen-bond donors (Lipinski definition) is 1. The number of piperidine rings is 1. The van der Waals surface area contributed by atoms with Gasteiger partial charge in [0.2, 0.25) is 11.8 Å². The van der Waals surface area contributed by atoms with Gasteiger partial charge < -0.3 is 10.2 Å². The maximum Gasteiger partial charge on any atom is 0.237 e. The number of likely N-dealkylation sites (tertiary alicyclic amines) is 1. The number of anilines is 2. The molecule has 0 saturated carbocycles. The Morgan fingerprint density at radius 2 is 1.78 bits per heavy atom. The molecule has 2 aromatic rings. The van der Waals surface area contributed by atoms with Crippen LogP contribution in [-0.4, -0.2) is 47.9 Å². The van der Waals surface area contributed by atoms with Gasteiger partial charge in [0, 0.05) is 43.5 Å². The summed E-state index contributed by atoms with van der Waals surface area (Å²) in [5, 5.41) is 3.19. The van der Waals surface area contributed by atoms with Crippen molar-refractivity contribution < 1.29 is 9.59 Å². The molecule has 4 rings (SSSR count). The van der Waals surface area contributed by atoms with E-state index < -0.39 is 0 Å². The summed E-state index contributed by atoms with van der Waals surface area (Å²) in [7, 11) is 0. The lowest BCUT2D eigenvalue weighted by molar-refractivity contribution is -0.141. The van der Waals surface area contributed by atoms with E-state index in [1.165, 1.54) is 5.56 Å². The Morgan fingerprint density at radius 1 is 1.09 bits per heavy atom. The second-order valence-electron chi connectivity index (χ2n) is 9.64. The van der Waals surface area contributed by atoms with Crippen LogP contribution < -0.4 is 10.2 Å². The van der Waals surface area contributed by atoms with Crippen molar-refractivity contribution in [2.24, 2.45) is 11.3 Å². The van der Waals surface area contributed by atoms with Gasteiger partial charge in [0.25, 0.3) is 0 Å². The van der Waals surface area contributed by atoms with Crippen molar-refractivity contribution in [1.29, 1.82) is 0 Å². The van der Waals surface area contributed by atoms with Crippen LogP contribution in [0.3, 0.4) is 0 Å². The number of hydrogen-bond acceptors (Lipinski definition) is 4. The largest absolute Gasteiger partial charge is 0.342 e. The monoisotopic (exact) mass is 434 g/mol. The van der Waals surface area contributed by atoms with E-state index in [9.17, 15) is 9.59 Å². The summed E-state index contributed by atoms with van der Waals surface area (Å²) in [6.45, 7) is 9.21. The number of rotatable bonds is 6. The fourth-order valence-corrected chi connectivity index (χ4v) is 4.43. The van der Waals surface area contributed by atoms with Crippen LogP contribution in [0.1, 0.15) is 51.5 Å². The molecule has 2 aliphatic rings. The fourth-order valence-electron chi connectivity index (χ4n) is 4.43. The Morgan fingerprint density at radius 3 is 2.31 bits per heavy atom. The topological polar surface area (TPSA) is 65.5 Å². The number of carbonyl (C=O) groups is 2. The standard InChI is InChI=1S/C26H34N4O2/c1-4-26(2,3)25(32)29-14-11-20(12-15-29)19-7-9-22(10-8-19)30(23-6-5-13-27-18-23)24(31)21-16-28-17-21/h5-10,13,18,20-21,28H,4,11-12,14-17H2,1-3H3. The zero-order valence-corrected chi connectivity index (χ0v) is 19.4. The number of nitrogens with zero attached hydrogens (tertiary/aromatic N) is 3. The summed E-state index contributed by atoms with van der Waals surface area (Å²) in [4.78, 5) is 33.9. The quantitative estimate of drug-likeness (QED) is 0.743. The van der Waals surface area contributed by atoms with Gasteiger partial charge in [-0.25, -0.2) is 0 Å². The Hall–Kier alpha value is -2.73. The lowest BCUT2D eigenvalue weighted by Gasteiger charge is -2.37. The van der Waals surface area contributed by atoms with Crippen LogP contribution in [0, 0.1) is 11.3 Å². The fraction of sp³-hybridized carbons (Fsp3) is 0.500. The highest BCUT2D eigenvalue weighted by Crippen LogP contribution is 2.34. The van der Waals surface area contributed by atoms with Gasteiger partial charge in [-0.05, 0) is 55.0 Å². The highest BCUT2D eigenvalue weighted by Gasteiger charge is 2.33. The van der Waals surface area contributed by atoms with E-state index in [2.05, 4.69) is 29.4 Å². The van der Waals surface area contributed by atoms with E-state index in [-0.39, 0.29) is 23.1 Å². The maximum atomic E-state index is 13.1. The Bertz CT molecular complexity index is 930. The van der Waals surface area contributed by atoms with Gasteiger partial charge in [0.05, 0.1) is 17.8 Å². The molecule has 6 nitrogen and oxygen atoms in total. The zero-order chi connectivity index (χ0) is 22.7. The molecular formula is C26H34N4O2. The predicted molar refractivity (Wildman–Crippen MR) is 127 cm³/mol. The van der Waals surface area contributed by atoms with Crippen LogP contribution in [0.15, 0.2) is 48.8 Å². The van der Waals surface area contributed by atoms with Crippen molar-refractivity contribution >= 4 is 23.2 Å². The number of amides is 2. The van der Waals surface area contributed by atoms with Crippen molar-refractivity contribution in [2.75, 3.05) is 31.1 Å². The molecule has 0 bridgehead atoms. The van der Waals surface area contributed by atoms with E-state index in [1.807, 2.05) is 43.0 Å². The van der Waals surface area contributed by atoms with Crippen LogP contribution in [0.2, 0.25) is 0 Å². The molecule has 170 valence electrons. The van der Waals surface area contributed by atoms with Gasteiger partial charge in [0.15, 0.2) is 0 Å². The molecule has 32 heavy (non-hydrogen) atoms. The molecule has 2 amide bonds. The number of aromatic nitrogens is 1. The lowest BCUT2D eigenvalue weighted by atomic mass is 9.85. The summed E-state index contributed by atoms with van der Waals surface area (Å²) in [5.74, 6) is 0.820. The highest BCUT2D eigenvalue weighted by atomic mass is 16.2. The lowest BCUT2D eigenvalue weighted by Crippen LogP contribution is -2.51. The number of nitrogens with one attached hydrogen (secondary N) is 1. The van der Waals surface area contributed by atoms with Gasteiger partial charge >= 0.3 is 0 Å². The molecule has 6 heteroatoms. The van der Waals surface area contributed by atoms with Gasteiger partial charge in [-0.3, -0.25) is 19.5 Å². The first kappa shape index (κ1) is 22.5. The first-order valence-corrected chi connectivity index (χ1v) is 11.7. The Balaban J connectivity index is 1.46. The molecule has 2 fully saturated rings. The highest BCUT2D eigenvalue weighted by molar-refractivity contribution is 6.02. The number of carbonyl (C=O) groups excluding carboxylic acids is 2. The van der Waals surface area contributed by atoms with Gasteiger partial charge in [-0.2, -0.15) is 0 Å². The average Bonchev–Trinajstić information content (AvgIpc) is 2.79. The van der Waals surface area contributed by atoms with Gasteiger partial charge in [0.1, 0.15) is 0 Å². The molecule has 3 heterocycles. The van der Waals surface area contributed by atoms with Crippen molar-refractivity contribution in [3.8, 4) is 0 Å². The molecule has 0 aliphatic carbocycles.